The molecule has 0 aliphatic rings. The standard InChI is InChI=1S/C9H5BrN2O3/c1-5(13)7-2-6(4-11)9(12(14)15)3-8(7)10/h2-3H,1H3. The van der Waals surface area contributed by atoms with Crippen molar-refractivity contribution in [3.63, 3.8) is 0 Å². The van der Waals surface area contributed by atoms with Gasteiger partial charge in [0.25, 0.3) is 5.69 Å². The van der Waals surface area contributed by atoms with Crippen molar-refractivity contribution in [1.29, 1.82) is 5.26 Å². The number of ketones is 1. The zero-order chi connectivity index (χ0) is 11.6. The fraction of sp³-hybridized carbons (Fsp3) is 0.111. The van der Waals surface area contributed by atoms with Crippen LogP contribution in [-0.4, -0.2) is 10.7 Å². The maximum absolute atomic E-state index is 11.1. The van der Waals surface area contributed by atoms with Crippen molar-refractivity contribution < 1.29 is 9.72 Å². The summed E-state index contributed by atoms with van der Waals surface area (Å²) in [5, 5.41) is 19.2. The highest BCUT2D eigenvalue weighted by molar-refractivity contribution is 9.10. The van der Waals surface area contributed by atoms with Gasteiger partial charge in [0.2, 0.25) is 0 Å². The highest BCUT2D eigenvalue weighted by atomic mass is 79.9. The zero-order valence-corrected chi connectivity index (χ0v) is 9.24. The second kappa shape index (κ2) is 4.19. The molecule has 1 aromatic rings. The molecule has 76 valence electrons. The van der Waals surface area contributed by atoms with E-state index in [1.807, 2.05) is 0 Å². The number of Topliss-reactive ketones (excluding diaryl/α,β-unsaturated/α-hetero) is 1. The molecule has 0 radical (unpaired) electrons. The average Bonchev–Trinajstić information content (AvgIpc) is 2.16. The summed E-state index contributed by atoms with van der Waals surface area (Å²) < 4.78 is 0.320. The van der Waals surface area contributed by atoms with Crippen molar-refractivity contribution >= 4 is 27.4 Å². The molecule has 0 amide bonds. The third kappa shape index (κ3) is 2.19. The van der Waals surface area contributed by atoms with E-state index in [0.717, 1.165) is 6.07 Å². The molecule has 0 aliphatic carbocycles. The fourth-order valence-electron chi connectivity index (χ4n) is 1.07. The molecule has 0 saturated carbocycles. The Morgan fingerprint density at radius 2 is 2.20 bits per heavy atom. The van der Waals surface area contributed by atoms with Crippen LogP contribution in [0.25, 0.3) is 0 Å². The van der Waals surface area contributed by atoms with Crippen LogP contribution in [0.15, 0.2) is 16.6 Å². The Kier molecular flexibility index (Phi) is 3.17. The Balaban J connectivity index is 3.51. The Bertz CT molecular complexity index is 491. The number of hydrogen-bond acceptors (Lipinski definition) is 4. The van der Waals surface area contributed by atoms with Crippen LogP contribution in [0.2, 0.25) is 0 Å². The first kappa shape index (κ1) is 11.3. The molecule has 5 nitrogen and oxygen atoms in total. The van der Waals surface area contributed by atoms with Crippen LogP contribution in [0, 0.1) is 21.4 Å². The lowest BCUT2D eigenvalue weighted by atomic mass is 10.1. The van der Waals surface area contributed by atoms with Gasteiger partial charge in [-0.05, 0) is 28.9 Å². The summed E-state index contributed by atoms with van der Waals surface area (Å²) in [5.41, 5.74) is -0.167. The lowest BCUT2D eigenvalue weighted by molar-refractivity contribution is -0.385. The summed E-state index contributed by atoms with van der Waals surface area (Å²) in [7, 11) is 0. The number of rotatable bonds is 2. The largest absolute Gasteiger partial charge is 0.294 e. The van der Waals surface area contributed by atoms with Crippen LogP contribution in [0.1, 0.15) is 22.8 Å². The summed E-state index contributed by atoms with van der Waals surface area (Å²) in [6, 6.07) is 4.06. The number of nitrogens with zero attached hydrogens (tertiary/aromatic N) is 2. The van der Waals surface area contributed by atoms with E-state index in [4.69, 9.17) is 5.26 Å². The Morgan fingerprint density at radius 3 is 2.60 bits per heavy atom. The van der Waals surface area contributed by atoms with E-state index in [0.29, 0.717) is 4.47 Å². The van der Waals surface area contributed by atoms with Gasteiger partial charge >= 0.3 is 0 Å². The van der Waals surface area contributed by atoms with E-state index in [9.17, 15) is 14.9 Å². The molecule has 0 unspecified atom stereocenters. The minimum atomic E-state index is -0.659. The van der Waals surface area contributed by atoms with Crippen molar-refractivity contribution in [2.45, 2.75) is 6.92 Å². The number of nitro groups is 1. The first-order valence-corrected chi connectivity index (χ1v) is 4.65. The van der Waals surface area contributed by atoms with Crippen LogP contribution in [0.3, 0.4) is 0 Å². The van der Waals surface area contributed by atoms with Gasteiger partial charge in [-0.3, -0.25) is 14.9 Å². The van der Waals surface area contributed by atoms with Gasteiger partial charge in [0.1, 0.15) is 11.6 Å². The van der Waals surface area contributed by atoms with Crippen molar-refractivity contribution in [1.82, 2.24) is 0 Å². The van der Waals surface area contributed by atoms with Crippen molar-refractivity contribution in [2.24, 2.45) is 0 Å². The van der Waals surface area contributed by atoms with Gasteiger partial charge in [0, 0.05) is 16.1 Å². The number of hydrogen-bond donors (Lipinski definition) is 0. The summed E-state index contributed by atoms with van der Waals surface area (Å²) >= 11 is 3.04. The minimum absolute atomic E-state index is 0.117. The third-order valence-electron chi connectivity index (χ3n) is 1.78. The molecule has 0 fully saturated rings. The van der Waals surface area contributed by atoms with Gasteiger partial charge in [-0.15, -0.1) is 0 Å². The molecule has 0 aromatic heterocycles. The Morgan fingerprint density at radius 1 is 1.60 bits per heavy atom. The molecule has 0 bridgehead atoms. The third-order valence-corrected chi connectivity index (χ3v) is 2.44. The van der Waals surface area contributed by atoms with Gasteiger partial charge in [0.05, 0.1) is 4.92 Å². The normalized spacial score (nSPS) is 9.40. The van der Waals surface area contributed by atoms with Crippen LogP contribution in [0.5, 0.6) is 0 Å². The predicted molar refractivity (Wildman–Crippen MR) is 55.5 cm³/mol. The van der Waals surface area contributed by atoms with Gasteiger partial charge in [-0.2, -0.15) is 5.26 Å². The summed E-state index contributed by atoms with van der Waals surface area (Å²) in [6.45, 7) is 1.33. The molecular formula is C9H5BrN2O3. The maximum atomic E-state index is 11.1. The summed E-state index contributed by atoms with van der Waals surface area (Å²) in [4.78, 5) is 21.0. The number of nitriles is 1. The van der Waals surface area contributed by atoms with Crippen LogP contribution < -0.4 is 0 Å². The molecule has 1 aromatic carbocycles. The van der Waals surface area contributed by atoms with E-state index in [1.54, 1.807) is 6.07 Å². The zero-order valence-electron chi connectivity index (χ0n) is 7.65. The number of carbonyl (C=O) groups excluding carboxylic acids is 1. The fourth-order valence-corrected chi connectivity index (χ4v) is 1.68. The first-order valence-electron chi connectivity index (χ1n) is 3.86. The van der Waals surface area contributed by atoms with E-state index in [2.05, 4.69) is 15.9 Å². The predicted octanol–water partition coefficient (Wildman–Crippen LogP) is 2.43. The first-order chi connectivity index (χ1) is 6.97. The molecule has 0 heterocycles. The molecule has 15 heavy (non-hydrogen) atoms. The number of carbonyl (C=O) groups is 1. The Hall–Kier alpha value is -1.74. The van der Waals surface area contributed by atoms with Crippen LogP contribution in [-0.2, 0) is 0 Å². The van der Waals surface area contributed by atoms with Gasteiger partial charge in [-0.1, -0.05) is 0 Å². The lowest BCUT2D eigenvalue weighted by Gasteiger charge is -2.01. The molecule has 0 aliphatic heterocycles. The molecule has 0 saturated heterocycles. The van der Waals surface area contributed by atoms with Crippen molar-refractivity contribution in [2.75, 3.05) is 0 Å². The molecule has 0 N–H and O–H groups in total. The molecular weight excluding hydrogens is 264 g/mol. The SMILES string of the molecule is CC(=O)c1cc(C#N)c([N+](=O)[O-])cc1Br. The molecule has 1 rings (SSSR count). The Labute approximate surface area is 93.6 Å². The second-order valence-electron chi connectivity index (χ2n) is 2.77. The molecule has 6 heteroatoms. The topological polar surface area (TPSA) is 84.0 Å². The highest BCUT2D eigenvalue weighted by Gasteiger charge is 2.18. The number of halogens is 1. The summed E-state index contributed by atoms with van der Waals surface area (Å²) in [5.74, 6) is -0.256. The monoisotopic (exact) mass is 268 g/mol. The second-order valence-corrected chi connectivity index (χ2v) is 3.63. The van der Waals surface area contributed by atoms with Gasteiger partial charge in [-0.25, -0.2) is 0 Å². The van der Waals surface area contributed by atoms with Crippen LogP contribution in [0.4, 0.5) is 5.69 Å². The minimum Gasteiger partial charge on any atom is -0.294 e. The number of nitro benzene ring substituents is 1. The highest BCUT2D eigenvalue weighted by Crippen LogP contribution is 2.27. The quantitative estimate of drug-likeness (QED) is 0.469. The number of benzene rings is 1. The molecule has 0 atom stereocenters. The van der Waals surface area contributed by atoms with E-state index in [1.165, 1.54) is 13.0 Å². The van der Waals surface area contributed by atoms with Gasteiger partial charge < -0.3 is 0 Å². The lowest BCUT2D eigenvalue weighted by Crippen LogP contribution is -1.99. The van der Waals surface area contributed by atoms with Gasteiger partial charge in [0.15, 0.2) is 5.78 Å². The maximum Gasteiger partial charge on any atom is 0.288 e. The van der Waals surface area contributed by atoms with E-state index in [-0.39, 0.29) is 22.6 Å². The van der Waals surface area contributed by atoms with Crippen molar-refractivity contribution in [3.8, 4) is 6.07 Å². The van der Waals surface area contributed by atoms with E-state index < -0.39 is 4.92 Å². The summed E-state index contributed by atoms with van der Waals surface area (Å²) in [6.07, 6.45) is 0. The van der Waals surface area contributed by atoms with Crippen LogP contribution >= 0.6 is 15.9 Å². The van der Waals surface area contributed by atoms with E-state index >= 15 is 0 Å². The van der Waals surface area contributed by atoms with Crippen molar-refractivity contribution in [3.05, 3.63) is 37.8 Å². The molecule has 0 spiro atoms. The smallest absolute Gasteiger partial charge is 0.288 e. The average molecular weight is 269 g/mol.